The van der Waals surface area contributed by atoms with Gasteiger partial charge in [0, 0.05) is 13.6 Å². The van der Waals surface area contributed by atoms with Crippen LogP contribution in [0.4, 0.5) is 0 Å². The molecule has 2 rings (SSSR count). The molecule has 0 saturated heterocycles. The maximum atomic E-state index is 12.4. The van der Waals surface area contributed by atoms with Crippen molar-refractivity contribution < 1.29 is 14.7 Å². The first-order valence-corrected chi connectivity index (χ1v) is 7.52. The summed E-state index contributed by atoms with van der Waals surface area (Å²) >= 11 is 1.58. The minimum atomic E-state index is -0.947. The fourth-order valence-electron chi connectivity index (χ4n) is 2.10. The maximum absolute atomic E-state index is 12.4. The van der Waals surface area contributed by atoms with E-state index in [0.29, 0.717) is 6.54 Å². The molecule has 2 aromatic rings. The first-order valence-electron chi connectivity index (χ1n) is 6.58. The van der Waals surface area contributed by atoms with Gasteiger partial charge in [-0.3, -0.25) is 4.79 Å². The number of carboxylic acids is 1. The van der Waals surface area contributed by atoms with Crippen LogP contribution in [-0.4, -0.2) is 28.9 Å². The van der Waals surface area contributed by atoms with Gasteiger partial charge in [-0.05, 0) is 47.0 Å². The molecule has 4 nitrogen and oxygen atoms in total. The van der Waals surface area contributed by atoms with Crippen molar-refractivity contribution in [3.05, 3.63) is 57.8 Å². The lowest BCUT2D eigenvalue weighted by molar-refractivity contribution is -0.131. The van der Waals surface area contributed by atoms with Crippen molar-refractivity contribution in [2.24, 2.45) is 0 Å². The number of benzene rings is 1. The Morgan fingerprint density at radius 2 is 1.90 bits per heavy atom. The lowest BCUT2D eigenvalue weighted by Crippen LogP contribution is -2.30. The Bertz CT molecular complexity index is 619. The summed E-state index contributed by atoms with van der Waals surface area (Å²) in [6, 6.07) is 8.55. The molecule has 1 atom stereocenters. The zero-order valence-corrected chi connectivity index (χ0v) is 12.8. The molecule has 1 aromatic carbocycles. The summed E-state index contributed by atoms with van der Waals surface area (Å²) in [6.07, 6.45) is 0. The van der Waals surface area contributed by atoms with Crippen LogP contribution in [0, 0.1) is 0 Å². The highest BCUT2D eigenvalue weighted by Gasteiger charge is 2.19. The third kappa shape index (κ3) is 3.70. The summed E-state index contributed by atoms with van der Waals surface area (Å²) in [6.45, 7) is 2.36. The largest absolute Gasteiger partial charge is 0.478 e. The molecule has 0 fully saturated rings. The van der Waals surface area contributed by atoms with Crippen molar-refractivity contribution >= 4 is 23.2 Å². The van der Waals surface area contributed by atoms with E-state index < -0.39 is 5.97 Å². The summed E-state index contributed by atoms with van der Waals surface area (Å²) in [4.78, 5) is 24.8. The van der Waals surface area contributed by atoms with Crippen LogP contribution in [0.25, 0.3) is 0 Å². The van der Waals surface area contributed by atoms with Gasteiger partial charge in [0.15, 0.2) is 0 Å². The number of carboxylic acid groups (broad SMARTS) is 1. The van der Waals surface area contributed by atoms with Crippen LogP contribution in [0.1, 0.15) is 34.3 Å². The first kappa shape index (κ1) is 15.3. The summed E-state index contributed by atoms with van der Waals surface area (Å²) in [5, 5.41) is 12.8. The lowest BCUT2D eigenvalue weighted by Gasteiger charge is -2.21. The van der Waals surface area contributed by atoms with Crippen molar-refractivity contribution in [3.8, 4) is 0 Å². The second kappa shape index (κ2) is 6.54. The highest BCUT2D eigenvalue weighted by molar-refractivity contribution is 7.08. The van der Waals surface area contributed by atoms with E-state index in [1.165, 1.54) is 0 Å². The maximum Gasteiger partial charge on any atom is 0.335 e. The number of amides is 1. The van der Waals surface area contributed by atoms with E-state index in [1.54, 1.807) is 47.5 Å². The average molecular weight is 303 g/mol. The van der Waals surface area contributed by atoms with Gasteiger partial charge < -0.3 is 10.0 Å². The Balaban J connectivity index is 2.02. The van der Waals surface area contributed by atoms with Gasteiger partial charge in [-0.25, -0.2) is 4.79 Å². The molecule has 0 spiro atoms. The fourth-order valence-corrected chi connectivity index (χ4v) is 2.85. The van der Waals surface area contributed by atoms with E-state index in [2.05, 4.69) is 0 Å². The Morgan fingerprint density at radius 3 is 2.43 bits per heavy atom. The number of rotatable bonds is 5. The molecule has 1 aromatic heterocycles. The van der Waals surface area contributed by atoms with Gasteiger partial charge >= 0.3 is 5.97 Å². The van der Waals surface area contributed by atoms with Gasteiger partial charge in [0.25, 0.3) is 0 Å². The fraction of sp³-hybridized carbons (Fsp3) is 0.250. The number of carbonyl (C=O) groups excluding carboxylic acids is 1. The van der Waals surface area contributed by atoms with Crippen LogP contribution in [0.5, 0.6) is 0 Å². The predicted molar refractivity (Wildman–Crippen MR) is 82.6 cm³/mol. The SMILES string of the molecule is C[C@H](C(=O)N(C)Cc1ccc(C(=O)O)cc1)c1ccsc1. The zero-order chi connectivity index (χ0) is 15.4. The minimum Gasteiger partial charge on any atom is -0.478 e. The molecule has 21 heavy (non-hydrogen) atoms. The molecule has 0 aliphatic rings. The molecule has 0 unspecified atom stereocenters. The molecular formula is C16H17NO3S. The monoisotopic (exact) mass is 303 g/mol. The van der Waals surface area contributed by atoms with E-state index in [1.807, 2.05) is 23.8 Å². The molecule has 0 bridgehead atoms. The molecule has 0 radical (unpaired) electrons. The van der Waals surface area contributed by atoms with Crippen LogP contribution in [0.2, 0.25) is 0 Å². The smallest absolute Gasteiger partial charge is 0.335 e. The van der Waals surface area contributed by atoms with Gasteiger partial charge in [-0.2, -0.15) is 11.3 Å². The summed E-state index contributed by atoms with van der Waals surface area (Å²) in [5.41, 5.74) is 2.19. The molecule has 0 aliphatic carbocycles. The van der Waals surface area contributed by atoms with E-state index in [-0.39, 0.29) is 17.4 Å². The standard InChI is InChI=1S/C16H17NO3S/c1-11(14-7-8-21-10-14)15(18)17(2)9-12-3-5-13(6-4-12)16(19)20/h3-8,10-11H,9H2,1-2H3,(H,19,20)/t11-/m0/s1. The lowest BCUT2D eigenvalue weighted by atomic mass is 10.0. The number of aromatic carboxylic acids is 1. The average Bonchev–Trinajstić information content (AvgIpc) is 3.00. The Morgan fingerprint density at radius 1 is 1.24 bits per heavy atom. The quantitative estimate of drug-likeness (QED) is 0.922. The van der Waals surface area contributed by atoms with Gasteiger partial charge in [0.1, 0.15) is 0 Å². The van der Waals surface area contributed by atoms with Gasteiger partial charge in [-0.15, -0.1) is 0 Å². The van der Waals surface area contributed by atoms with Crippen LogP contribution >= 0.6 is 11.3 Å². The van der Waals surface area contributed by atoms with Crippen LogP contribution in [0.3, 0.4) is 0 Å². The molecule has 0 aliphatic heterocycles. The van der Waals surface area contributed by atoms with E-state index in [9.17, 15) is 9.59 Å². The molecule has 110 valence electrons. The number of hydrogen-bond acceptors (Lipinski definition) is 3. The van der Waals surface area contributed by atoms with Crippen molar-refractivity contribution in [2.45, 2.75) is 19.4 Å². The molecule has 1 amide bonds. The zero-order valence-electron chi connectivity index (χ0n) is 11.9. The number of thiophene rings is 1. The Hall–Kier alpha value is -2.14. The van der Waals surface area contributed by atoms with Gasteiger partial charge in [0.2, 0.25) is 5.91 Å². The van der Waals surface area contributed by atoms with Crippen LogP contribution in [0.15, 0.2) is 41.1 Å². The number of likely N-dealkylation sites (N-methyl/N-ethyl adjacent to an activating group) is 1. The van der Waals surface area contributed by atoms with Gasteiger partial charge in [0.05, 0.1) is 11.5 Å². The molecule has 5 heteroatoms. The Labute approximate surface area is 127 Å². The number of hydrogen-bond donors (Lipinski definition) is 1. The Kier molecular flexibility index (Phi) is 4.75. The molecule has 0 saturated carbocycles. The van der Waals surface area contributed by atoms with Crippen molar-refractivity contribution in [1.29, 1.82) is 0 Å². The normalized spacial score (nSPS) is 11.9. The van der Waals surface area contributed by atoms with E-state index >= 15 is 0 Å². The predicted octanol–water partition coefficient (Wildman–Crippen LogP) is 3.21. The third-order valence-electron chi connectivity index (χ3n) is 3.41. The second-order valence-electron chi connectivity index (χ2n) is 4.97. The van der Waals surface area contributed by atoms with Crippen molar-refractivity contribution in [2.75, 3.05) is 7.05 Å². The van der Waals surface area contributed by atoms with E-state index in [4.69, 9.17) is 5.11 Å². The topological polar surface area (TPSA) is 57.6 Å². The van der Waals surface area contributed by atoms with Crippen molar-refractivity contribution in [3.63, 3.8) is 0 Å². The number of nitrogens with zero attached hydrogens (tertiary/aromatic N) is 1. The summed E-state index contributed by atoms with van der Waals surface area (Å²) in [7, 11) is 1.76. The summed E-state index contributed by atoms with van der Waals surface area (Å²) in [5.74, 6) is -1.06. The van der Waals surface area contributed by atoms with Crippen molar-refractivity contribution in [1.82, 2.24) is 4.90 Å². The first-order chi connectivity index (χ1) is 9.99. The van der Waals surface area contributed by atoms with Crippen LogP contribution < -0.4 is 0 Å². The summed E-state index contributed by atoms with van der Waals surface area (Å²) < 4.78 is 0. The highest BCUT2D eigenvalue weighted by atomic mass is 32.1. The second-order valence-corrected chi connectivity index (χ2v) is 5.75. The van der Waals surface area contributed by atoms with Gasteiger partial charge in [-0.1, -0.05) is 12.1 Å². The molecule has 1 heterocycles. The van der Waals surface area contributed by atoms with Crippen LogP contribution in [-0.2, 0) is 11.3 Å². The minimum absolute atomic E-state index is 0.0516. The third-order valence-corrected chi connectivity index (χ3v) is 4.11. The molecule has 1 N–H and O–H groups in total. The molecular weight excluding hydrogens is 286 g/mol. The highest BCUT2D eigenvalue weighted by Crippen LogP contribution is 2.21. The number of carbonyl (C=O) groups is 2. The van der Waals surface area contributed by atoms with E-state index in [0.717, 1.165) is 11.1 Å².